The van der Waals surface area contributed by atoms with Crippen molar-refractivity contribution >= 4 is 5.91 Å². The molecule has 1 saturated heterocycles. The summed E-state index contributed by atoms with van der Waals surface area (Å²) in [5.74, 6) is 1.84. The summed E-state index contributed by atoms with van der Waals surface area (Å²) in [5, 5.41) is 8.28. The minimum absolute atomic E-state index is 0.0130. The number of hydrogen-bond acceptors (Lipinski definition) is 7. The molecule has 1 amide bonds. The van der Waals surface area contributed by atoms with Crippen LogP contribution in [0.15, 0.2) is 71.6 Å². The number of piperazine rings is 1. The molecule has 0 radical (unpaired) electrons. The zero-order chi connectivity index (χ0) is 21.9. The monoisotopic (exact) mass is 429 g/mol. The van der Waals surface area contributed by atoms with Crippen LogP contribution in [0.1, 0.15) is 29.2 Å². The van der Waals surface area contributed by atoms with Gasteiger partial charge < -0.3 is 9.42 Å². The molecule has 162 valence electrons. The van der Waals surface area contributed by atoms with Crippen LogP contribution in [0, 0.1) is 0 Å². The Hall–Kier alpha value is -3.85. The van der Waals surface area contributed by atoms with Gasteiger partial charge >= 0.3 is 0 Å². The Bertz CT molecular complexity index is 1160. The molecular weight excluding hydrogens is 406 g/mol. The fraction of sp³-hybridized carbons (Fsp3) is 0.261. The lowest BCUT2D eigenvalue weighted by Crippen LogP contribution is -2.49. The van der Waals surface area contributed by atoms with Crippen LogP contribution in [0.3, 0.4) is 0 Å². The fourth-order valence-electron chi connectivity index (χ4n) is 3.81. The molecule has 1 aromatic carbocycles. The maximum Gasteiger partial charge on any atom is 0.255 e. The van der Waals surface area contributed by atoms with E-state index in [4.69, 9.17) is 4.52 Å². The summed E-state index contributed by atoms with van der Waals surface area (Å²) in [5.41, 5.74) is 1.50. The number of nitrogens with zero attached hydrogens (tertiary/aromatic N) is 7. The van der Waals surface area contributed by atoms with Crippen LogP contribution in [-0.2, 0) is 0 Å². The first-order chi connectivity index (χ1) is 15.7. The van der Waals surface area contributed by atoms with E-state index in [9.17, 15) is 4.79 Å². The summed E-state index contributed by atoms with van der Waals surface area (Å²) in [6.07, 6.45) is 5.12. The molecule has 1 aliphatic rings. The number of benzene rings is 1. The molecule has 0 saturated carbocycles. The van der Waals surface area contributed by atoms with Crippen molar-refractivity contribution in [1.82, 2.24) is 34.7 Å². The van der Waals surface area contributed by atoms with Crippen LogP contribution < -0.4 is 0 Å². The number of aromatic nitrogens is 5. The minimum atomic E-state index is -0.0211. The van der Waals surface area contributed by atoms with Gasteiger partial charge in [0.1, 0.15) is 0 Å². The highest BCUT2D eigenvalue weighted by Gasteiger charge is 2.28. The van der Waals surface area contributed by atoms with Crippen LogP contribution in [0.4, 0.5) is 0 Å². The van der Waals surface area contributed by atoms with E-state index in [0.717, 1.165) is 18.7 Å². The molecule has 4 heterocycles. The van der Waals surface area contributed by atoms with Gasteiger partial charge in [0.25, 0.3) is 5.91 Å². The number of pyridine rings is 1. The highest BCUT2D eigenvalue weighted by atomic mass is 16.5. The summed E-state index contributed by atoms with van der Waals surface area (Å²) in [6.45, 7) is 4.77. The third-order valence-electron chi connectivity index (χ3n) is 5.71. The van der Waals surface area contributed by atoms with Gasteiger partial charge in [0.15, 0.2) is 5.82 Å². The summed E-state index contributed by atoms with van der Waals surface area (Å²) < 4.78 is 7.18. The highest BCUT2D eigenvalue weighted by molar-refractivity contribution is 5.94. The van der Waals surface area contributed by atoms with E-state index in [1.54, 1.807) is 29.2 Å². The summed E-state index contributed by atoms with van der Waals surface area (Å²) in [7, 11) is 0. The average Bonchev–Trinajstić information content (AvgIpc) is 3.57. The Balaban J connectivity index is 1.19. The fourth-order valence-corrected chi connectivity index (χ4v) is 3.81. The van der Waals surface area contributed by atoms with Gasteiger partial charge in [-0.25, -0.2) is 9.67 Å². The Labute approximate surface area is 185 Å². The van der Waals surface area contributed by atoms with Crippen LogP contribution >= 0.6 is 0 Å². The van der Waals surface area contributed by atoms with Gasteiger partial charge in [0.05, 0.1) is 11.6 Å². The molecular formula is C23H23N7O2. The zero-order valence-electron chi connectivity index (χ0n) is 17.7. The minimum Gasteiger partial charge on any atom is -0.337 e. The van der Waals surface area contributed by atoms with Crippen molar-refractivity contribution in [3.05, 3.63) is 78.6 Å². The first-order valence-corrected chi connectivity index (χ1v) is 10.6. The standard InChI is InChI=1S/C23H23N7O2/c1-17(22-26-21(27-32-22)18-6-3-2-4-7-18)28-12-14-29(15-13-28)23(31)19-8-9-20(24-16-19)30-11-5-10-25-30/h2-11,16-17H,12-15H2,1H3. The Morgan fingerprint density at radius 2 is 1.84 bits per heavy atom. The number of carbonyl (C=O) groups excluding carboxylic acids is 1. The third kappa shape index (κ3) is 4.02. The van der Waals surface area contributed by atoms with Crippen LogP contribution in [0.5, 0.6) is 0 Å². The number of amides is 1. The van der Waals surface area contributed by atoms with Gasteiger partial charge in [-0.1, -0.05) is 35.5 Å². The second kappa shape index (κ2) is 8.72. The van der Waals surface area contributed by atoms with E-state index >= 15 is 0 Å². The van der Waals surface area contributed by atoms with E-state index in [2.05, 4.69) is 32.0 Å². The molecule has 9 nitrogen and oxygen atoms in total. The van der Waals surface area contributed by atoms with Crippen LogP contribution in [0.2, 0.25) is 0 Å². The highest BCUT2D eigenvalue weighted by Crippen LogP contribution is 2.23. The van der Waals surface area contributed by atoms with E-state index in [-0.39, 0.29) is 11.9 Å². The van der Waals surface area contributed by atoms with Crippen molar-refractivity contribution in [3.63, 3.8) is 0 Å². The Morgan fingerprint density at radius 3 is 2.53 bits per heavy atom. The van der Waals surface area contributed by atoms with E-state index in [1.807, 2.05) is 47.5 Å². The first kappa shape index (κ1) is 20.1. The third-order valence-corrected chi connectivity index (χ3v) is 5.71. The summed E-state index contributed by atoms with van der Waals surface area (Å²) in [6, 6.07) is 15.2. The molecule has 0 bridgehead atoms. The lowest BCUT2D eigenvalue weighted by atomic mass is 10.2. The van der Waals surface area contributed by atoms with E-state index in [0.29, 0.717) is 36.2 Å². The normalized spacial score (nSPS) is 15.6. The maximum atomic E-state index is 12.9. The first-order valence-electron chi connectivity index (χ1n) is 10.6. The summed E-state index contributed by atoms with van der Waals surface area (Å²) >= 11 is 0. The summed E-state index contributed by atoms with van der Waals surface area (Å²) in [4.78, 5) is 26.0. The quantitative estimate of drug-likeness (QED) is 0.482. The van der Waals surface area contributed by atoms with E-state index in [1.165, 1.54) is 0 Å². The molecule has 9 heteroatoms. The van der Waals surface area contributed by atoms with Gasteiger partial charge in [0, 0.05) is 50.3 Å². The molecule has 1 fully saturated rings. The maximum absolute atomic E-state index is 12.9. The molecule has 32 heavy (non-hydrogen) atoms. The predicted octanol–water partition coefficient (Wildman–Crippen LogP) is 2.84. The number of carbonyl (C=O) groups is 1. The van der Waals surface area contributed by atoms with Crippen LogP contribution in [0.25, 0.3) is 17.2 Å². The van der Waals surface area contributed by atoms with Crippen molar-refractivity contribution in [3.8, 4) is 17.2 Å². The van der Waals surface area contributed by atoms with Crippen molar-refractivity contribution in [2.45, 2.75) is 13.0 Å². The van der Waals surface area contributed by atoms with E-state index < -0.39 is 0 Å². The zero-order valence-corrected chi connectivity index (χ0v) is 17.7. The van der Waals surface area contributed by atoms with Crippen molar-refractivity contribution in [2.24, 2.45) is 0 Å². The van der Waals surface area contributed by atoms with Gasteiger partial charge in [-0.2, -0.15) is 10.1 Å². The number of hydrogen-bond donors (Lipinski definition) is 0. The second-order valence-corrected chi connectivity index (χ2v) is 7.68. The molecule has 1 atom stereocenters. The molecule has 4 aromatic rings. The largest absolute Gasteiger partial charge is 0.337 e. The molecule has 1 unspecified atom stereocenters. The molecule has 0 aliphatic carbocycles. The van der Waals surface area contributed by atoms with Gasteiger partial charge in [0.2, 0.25) is 11.7 Å². The lowest BCUT2D eigenvalue weighted by molar-refractivity contribution is 0.0551. The smallest absolute Gasteiger partial charge is 0.255 e. The number of rotatable bonds is 5. The molecule has 0 spiro atoms. The second-order valence-electron chi connectivity index (χ2n) is 7.68. The molecule has 5 rings (SSSR count). The molecule has 0 N–H and O–H groups in total. The van der Waals surface area contributed by atoms with Gasteiger partial charge in [-0.05, 0) is 25.1 Å². The van der Waals surface area contributed by atoms with Crippen LogP contribution in [-0.4, -0.2) is 66.8 Å². The Kier molecular flexibility index (Phi) is 5.47. The Morgan fingerprint density at radius 1 is 1.03 bits per heavy atom. The topological polar surface area (TPSA) is 93.2 Å². The predicted molar refractivity (Wildman–Crippen MR) is 117 cm³/mol. The molecule has 1 aliphatic heterocycles. The van der Waals surface area contributed by atoms with Gasteiger partial charge in [-0.3, -0.25) is 9.69 Å². The van der Waals surface area contributed by atoms with Crippen molar-refractivity contribution in [2.75, 3.05) is 26.2 Å². The van der Waals surface area contributed by atoms with Crippen molar-refractivity contribution in [1.29, 1.82) is 0 Å². The lowest BCUT2D eigenvalue weighted by Gasteiger charge is -2.36. The molecule has 3 aromatic heterocycles. The SMILES string of the molecule is CC(c1nc(-c2ccccc2)no1)N1CCN(C(=O)c2ccc(-n3cccn3)nc2)CC1. The van der Waals surface area contributed by atoms with Gasteiger partial charge in [-0.15, -0.1) is 0 Å². The van der Waals surface area contributed by atoms with Crippen molar-refractivity contribution < 1.29 is 9.32 Å². The average molecular weight is 429 g/mol.